The van der Waals surface area contributed by atoms with Gasteiger partial charge in [0.05, 0.1) is 14.7 Å². The lowest BCUT2D eigenvalue weighted by Crippen LogP contribution is -2.17. The van der Waals surface area contributed by atoms with E-state index in [0.29, 0.717) is 0 Å². The van der Waals surface area contributed by atoms with Gasteiger partial charge in [-0.25, -0.2) is 16.8 Å². The van der Waals surface area contributed by atoms with Crippen molar-refractivity contribution in [2.45, 2.75) is 29.5 Å². The SMILES string of the molecule is CCc1ccc(S(=O)(=O)c2ccc(S(=O)(=O)C(Br)(Br)Br)cc2)cc1. The molecule has 0 atom stereocenters. The molecular weight excluding hydrogens is 548 g/mol. The number of hydrogen-bond acceptors (Lipinski definition) is 4. The molecule has 2 aromatic carbocycles. The van der Waals surface area contributed by atoms with Crippen LogP contribution in [0.3, 0.4) is 0 Å². The van der Waals surface area contributed by atoms with Gasteiger partial charge in [-0.3, -0.25) is 0 Å². The van der Waals surface area contributed by atoms with Crippen molar-refractivity contribution in [2.75, 3.05) is 0 Å². The Bertz CT molecular complexity index is 928. The predicted octanol–water partition coefficient (Wildman–Crippen LogP) is 4.65. The third-order valence-electron chi connectivity index (χ3n) is 3.39. The van der Waals surface area contributed by atoms with Crippen LogP contribution in [0.5, 0.6) is 0 Å². The Morgan fingerprint density at radius 2 is 1.12 bits per heavy atom. The monoisotopic (exact) mass is 558 g/mol. The second-order valence-electron chi connectivity index (χ2n) is 4.92. The minimum Gasteiger partial charge on any atom is -0.220 e. The first-order chi connectivity index (χ1) is 11.0. The van der Waals surface area contributed by atoms with Gasteiger partial charge in [0, 0.05) is 0 Å². The van der Waals surface area contributed by atoms with Gasteiger partial charge in [-0.05, 0) is 96.2 Å². The molecule has 0 fully saturated rings. The molecule has 0 radical (unpaired) electrons. The number of hydrogen-bond donors (Lipinski definition) is 0. The summed E-state index contributed by atoms with van der Waals surface area (Å²) >= 11 is 8.92. The topological polar surface area (TPSA) is 68.3 Å². The van der Waals surface area contributed by atoms with E-state index in [1.54, 1.807) is 24.3 Å². The molecule has 24 heavy (non-hydrogen) atoms. The molecule has 2 rings (SSSR count). The van der Waals surface area contributed by atoms with E-state index in [4.69, 9.17) is 0 Å². The first-order valence-electron chi connectivity index (χ1n) is 6.75. The number of benzene rings is 2. The van der Waals surface area contributed by atoms with Crippen LogP contribution in [0.15, 0.2) is 63.2 Å². The highest BCUT2D eigenvalue weighted by molar-refractivity contribution is 9.42. The summed E-state index contributed by atoms with van der Waals surface area (Å²) in [7, 11) is -7.45. The Hall–Kier alpha value is -0.220. The number of aryl methyl sites for hydroxylation is 1. The summed E-state index contributed by atoms with van der Waals surface area (Å²) in [6, 6.07) is 11.7. The summed E-state index contributed by atoms with van der Waals surface area (Å²) in [5, 5.41) is 0. The second kappa shape index (κ2) is 7.19. The highest BCUT2D eigenvalue weighted by atomic mass is 80.0. The standard InChI is InChI=1S/C15H13Br3O4S2/c1-2-11-3-5-12(6-4-11)23(19,20)13-7-9-14(10-8-13)24(21,22)15(16,17)18/h3-10H,2H2,1H3. The van der Waals surface area contributed by atoms with Crippen molar-refractivity contribution in [3.05, 3.63) is 54.1 Å². The van der Waals surface area contributed by atoms with Gasteiger partial charge in [0.1, 0.15) is 0 Å². The van der Waals surface area contributed by atoms with Crippen LogP contribution in [0.4, 0.5) is 0 Å². The Morgan fingerprint density at radius 1 is 0.750 bits per heavy atom. The maximum Gasteiger partial charge on any atom is 0.239 e. The average Bonchev–Trinajstić information content (AvgIpc) is 2.54. The van der Waals surface area contributed by atoms with Crippen LogP contribution in [0.25, 0.3) is 0 Å². The zero-order chi connectivity index (χ0) is 18.2. The average molecular weight is 561 g/mol. The van der Waals surface area contributed by atoms with Crippen molar-refractivity contribution in [3.8, 4) is 0 Å². The zero-order valence-corrected chi connectivity index (χ0v) is 18.8. The molecule has 0 spiro atoms. The quantitative estimate of drug-likeness (QED) is 0.511. The smallest absolute Gasteiger partial charge is 0.220 e. The van der Waals surface area contributed by atoms with Gasteiger partial charge in [-0.1, -0.05) is 19.1 Å². The first kappa shape index (κ1) is 20.1. The van der Waals surface area contributed by atoms with Crippen molar-refractivity contribution >= 4 is 67.5 Å². The fourth-order valence-corrected chi connectivity index (χ4v) is 5.68. The molecule has 0 amide bonds. The van der Waals surface area contributed by atoms with Crippen molar-refractivity contribution in [1.82, 2.24) is 0 Å². The lowest BCUT2D eigenvalue weighted by atomic mass is 10.2. The molecule has 0 saturated carbocycles. The lowest BCUT2D eigenvalue weighted by molar-refractivity contribution is 0.593. The molecule has 2 aromatic rings. The summed E-state index contributed by atoms with van der Waals surface area (Å²) in [6.07, 6.45) is 0.820. The lowest BCUT2D eigenvalue weighted by Gasteiger charge is -2.14. The molecule has 0 aromatic heterocycles. The molecule has 0 unspecified atom stereocenters. The van der Waals surface area contributed by atoms with Crippen LogP contribution in [0, 0.1) is 0 Å². The minimum atomic E-state index is -3.76. The molecule has 9 heteroatoms. The summed E-state index contributed by atoms with van der Waals surface area (Å²) < 4.78 is 48.3. The number of halogens is 3. The number of sulfone groups is 2. The van der Waals surface area contributed by atoms with Crippen molar-refractivity contribution in [3.63, 3.8) is 0 Å². The maximum absolute atomic E-state index is 12.6. The van der Waals surface area contributed by atoms with Gasteiger partial charge in [0.2, 0.25) is 21.1 Å². The van der Waals surface area contributed by atoms with Crippen LogP contribution >= 0.6 is 47.8 Å². The zero-order valence-electron chi connectivity index (χ0n) is 12.4. The Labute approximate surface area is 166 Å². The largest absolute Gasteiger partial charge is 0.239 e. The minimum absolute atomic E-state index is 0.0200. The normalized spacial score (nSPS) is 13.0. The third-order valence-corrected chi connectivity index (χ3v) is 10.5. The number of alkyl halides is 3. The Balaban J connectivity index is 2.43. The second-order valence-corrected chi connectivity index (χ2v) is 17.3. The molecule has 0 N–H and O–H groups in total. The highest BCUT2D eigenvalue weighted by Gasteiger charge is 2.37. The van der Waals surface area contributed by atoms with Gasteiger partial charge < -0.3 is 0 Å². The first-order valence-corrected chi connectivity index (χ1v) is 12.1. The van der Waals surface area contributed by atoms with E-state index in [1.165, 1.54) is 24.3 Å². The van der Waals surface area contributed by atoms with E-state index < -0.39 is 21.1 Å². The molecule has 4 nitrogen and oxygen atoms in total. The van der Waals surface area contributed by atoms with Gasteiger partial charge >= 0.3 is 0 Å². The predicted molar refractivity (Wildman–Crippen MR) is 104 cm³/mol. The molecule has 130 valence electrons. The molecular formula is C15H13Br3O4S2. The summed E-state index contributed by atoms with van der Waals surface area (Å²) in [4.78, 5) is 0.189. The fourth-order valence-electron chi connectivity index (χ4n) is 1.97. The van der Waals surface area contributed by atoms with Gasteiger partial charge in [0.15, 0.2) is 0 Å². The van der Waals surface area contributed by atoms with Gasteiger partial charge in [0.25, 0.3) is 0 Å². The molecule has 0 bridgehead atoms. The molecule has 0 aliphatic carbocycles. The van der Waals surface area contributed by atoms with E-state index in [-0.39, 0.29) is 14.7 Å². The maximum atomic E-state index is 12.6. The molecule has 0 aliphatic rings. The van der Waals surface area contributed by atoms with Gasteiger partial charge in [-0.15, -0.1) is 0 Å². The van der Waals surface area contributed by atoms with Gasteiger partial charge in [-0.2, -0.15) is 0 Å². The summed E-state index contributed by atoms with van der Waals surface area (Å²) in [5.74, 6) is 0. The summed E-state index contributed by atoms with van der Waals surface area (Å²) in [5.41, 5.74) is 1.04. The summed E-state index contributed by atoms with van der Waals surface area (Å²) in [6.45, 7) is 1.99. The number of rotatable bonds is 4. The van der Waals surface area contributed by atoms with Crippen molar-refractivity contribution < 1.29 is 16.8 Å². The van der Waals surface area contributed by atoms with Crippen molar-refractivity contribution in [2.24, 2.45) is 0 Å². The Kier molecular flexibility index (Phi) is 6.02. The van der Waals surface area contributed by atoms with Crippen LogP contribution in [-0.2, 0) is 26.1 Å². The fraction of sp³-hybridized carbons (Fsp3) is 0.200. The van der Waals surface area contributed by atoms with Crippen LogP contribution in [0.2, 0.25) is 0 Å². The Morgan fingerprint density at radius 3 is 1.50 bits per heavy atom. The highest BCUT2D eigenvalue weighted by Crippen LogP contribution is 2.43. The van der Waals surface area contributed by atoms with E-state index >= 15 is 0 Å². The van der Waals surface area contributed by atoms with Crippen molar-refractivity contribution in [1.29, 1.82) is 0 Å². The van der Waals surface area contributed by atoms with Crippen LogP contribution in [0.1, 0.15) is 12.5 Å². The van der Waals surface area contributed by atoms with Crippen LogP contribution in [-0.4, -0.2) is 18.3 Å². The third kappa shape index (κ3) is 3.95. The van der Waals surface area contributed by atoms with E-state index in [2.05, 4.69) is 47.8 Å². The molecule has 0 heterocycles. The molecule has 0 aliphatic heterocycles. The molecule has 0 saturated heterocycles. The van der Waals surface area contributed by atoms with E-state index in [9.17, 15) is 16.8 Å². The van der Waals surface area contributed by atoms with E-state index in [1.807, 2.05) is 6.92 Å². The van der Waals surface area contributed by atoms with Crippen LogP contribution < -0.4 is 0 Å². The van der Waals surface area contributed by atoms with E-state index in [0.717, 1.165) is 12.0 Å².